The van der Waals surface area contributed by atoms with Crippen molar-refractivity contribution in [2.45, 2.75) is 33.7 Å². The van der Waals surface area contributed by atoms with Gasteiger partial charge in [0.25, 0.3) is 5.69 Å². The Bertz CT molecular complexity index is 615. The Balaban J connectivity index is 2.18. The summed E-state index contributed by atoms with van der Waals surface area (Å²) in [5.41, 5.74) is 4.69. The fourth-order valence-electron chi connectivity index (χ4n) is 2.17. The van der Waals surface area contributed by atoms with Crippen LogP contribution in [0, 0.1) is 24.0 Å². The van der Waals surface area contributed by atoms with Crippen molar-refractivity contribution in [2.24, 2.45) is 0 Å². The van der Waals surface area contributed by atoms with Crippen molar-refractivity contribution in [3.63, 3.8) is 0 Å². The van der Waals surface area contributed by atoms with Gasteiger partial charge in [-0.1, -0.05) is 13.0 Å². The molecule has 0 amide bonds. The second-order valence-electron chi connectivity index (χ2n) is 4.72. The Labute approximate surface area is 117 Å². The van der Waals surface area contributed by atoms with Crippen LogP contribution in [0.25, 0.3) is 0 Å². The number of aryl methyl sites for hydroxylation is 3. The molecule has 2 aromatic rings. The summed E-state index contributed by atoms with van der Waals surface area (Å²) >= 11 is 0. The third-order valence-corrected chi connectivity index (χ3v) is 3.41. The van der Waals surface area contributed by atoms with Gasteiger partial charge >= 0.3 is 0 Å². The summed E-state index contributed by atoms with van der Waals surface area (Å²) in [5, 5.41) is 21.3. The van der Waals surface area contributed by atoms with E-state index in [0.717, 1.165) is 28.2 Å². The third-order valence-electron chi connectivity index (χ3n) is 3.41. The maximum Gasteiger partial charge on any atom is 0.274 e. The fraction of sp³-hybridized carbons (Fsp3) is 0.357. The molecule has 0 aliphatic rings. The van der Waals surface area contributed by atoms with Gasteiger partial charge in [-0.25, -0.2) is 0 Å². The number of hydrogen-bond donors (Lipinski definition) is 2. The molecule has 1 aromatic heterocycles. The Hall–Kier alpha value is -2.37. The lowest BCUT2D eigenvalue weighted by molar-refractivity contribution is -0.385. The molecule has 0 fully saturated rings. The number of nitrogens with one attached hydrogen (secondary N) is 2. The lowest BCUT2D eigenvalue weighted by Gasteiger charge is -2.08. The number of aromatic amines is 1. The van der Waals surface area contributed by atoms with Crippen LogP contribution in [0.4, 0.5) is 11.4 Å². The van der Waals surface area contributed by atoms with E-state index in [2.05, 4.69) is 15.5 Å². The summed E-state index contributed by atoms with van der Waals surface area (Å²) < 4.78 is 0. The van der Waals surface area contributed by atoms with Crippen LogP contribution in [-0.4, -0.2) is 15.1 Å². The maximum atomic E-state index is 11.0. The van der Waals surface area contributed by atoms with Crippen LogP contribution in [0.1, 0.15) is 29.4 Å². The molecule has 6 nitrogen and oxygen atoms in total. The third kappa shape index (κ3) is 2.79. The van der Waals surface area contributed by atoms with E-state index in [9.17, 15) is 10.1 Å². The van der Waals surface area contributed by atoms with Crippen molar-refractivity contribution in [3.8, 4) is 0 Å². The molecule has 0 spiro atoms. The molecule has 0 aliphatic carbocycles. The van der Waals surface area contributed by atoms with Crippen molar-refractivity contribution in [3.05, 3.63) is 50.8 Å². The van der Waals surface area contributed by atoms with Gasteiger partial charge in [0, 0.05) is 35.1 Å². The minimum Gasteiger partial charge on any atom is -0.381 e. The van der Waals surface area contributed by atoms with Crippen molar-refractivity contribution in [2.75, 3.05) is 5.32 Å². The first-order chi connectivity index (χ1) is 9.52. The van der Waals surface area contributed by atoms with Crippen LogP contribution in [0.5, 0.6) is 0 Å². The van der Waals surface area contributed by atoms with Gasteiger partial charge in [0.15, 0.2) is 0 Å². The highest BCUT2D eigenvalue weighted by Crippen LogP contribution is 2.24. The van der Waals surface area contributed by atoms with E-state index < -0.39 is 0 Å². The zero-order valence-electron chi connectivity index (χ0n) is 11.9. The first kappa shape index (κ1) is 14.0. The summed E-state index contributed by atoms with van der Waals surface area (Å²) in [4.78, 5) is 10.7. The highest BCUT2D eigenvalue weighted by molar-refractivity contribution is 5.55. The smallest absolute Gasteiger partial charge is 0.274 e. The SMILES string of the molecule is CCc1ccc(NCc2c(C)n[nH]c2C)cc1[N+](=O)[O-]. The molecule has 0 radical (unpaired) electrons. The minimum atomic E-state index is -0.335. The van der Waals surface area contributed by atoms with Crippen molar-refractivity contribution < 1.29 is 4.92 Å². The molecule has 6 heteroatoms. The van der Waals surface area contributed by atoms with Crippen LogP contribution in [0.15, 0.2) is 18.2 Å². The highest BCUT2D eigenvalue weighted by Gasteiger charge is 2.13. The standard InChI is InChI=1S/C14H18N4O2/c1-4-11-5-6-12(7-14(11)18(19)20)15-8-13-9(2)16-17-10(13)3/h5-7,15H,4,8H2,1-3H3,(H,16,17). The molecule has 1 heterocycles. The summed E-state index contributed by atoms with van der Waals surface area (Å²) in [5.74, 6) is 0. The number of nitro groups is 1. The van der Waals surface area contributed by atoms with E-state index in [4.69, 9.17) is 0 Å². The zero-order valence-corrected chi connectivity index (χ0v) is 11.9. The van der Waals surface area contributed by atoms with Crippen LogP contribution in [-0.2, 0) is 13.0 Å². The number of hydrogen-bond acceptors (Lipinski definition) is 4. The first-order valence-electron chi connectivity index (χ1n) is 6.54. The topological polar surface area (TPSA) is 83.8 Å². The summed E-state index contributed by atoms with van der Waals surface area (Å²) in [6, 6.07) is 5.26. The Morgan fingerprint density at radius 1 is 1.40 bits per heavy atom. The average Bonchev–Trinajstić information content (AvgIpc) is 2.75. The largest absolute Gasteiger partial charge is 0.381 e. The van der Waals surface area contributed by atoms with E-state index in [1.54, 1.807) is 12.1 Å². The monoisotopic (exact) mass is 274 g/mol. The molecule has 2 rings (SSSR count). The summed E-state index contributed by atoms with van der Waals surface area (Å²) in [6.07, 6.45) is 0.649. The minimum absolute atomic E-state index is 0.165. The maximum absolute atomic E-state index is 11.0. The predicted molar refractivity (Wildman–Crippen MR) is 77.9 cm³/mol. The Morgan fingerprint density at radius 3 is 2.70 bits per heavy atom. The highest BCUT2D eigenvalue weighted by atomic mass is 16.6. The molecular formula is C14H18N4O2. The molecule has 1 aromatic carbocycles. The number of nitro benzene ring substituents is 1. The van der Waals surface area contributed by atoms with Gasteiger partial charge in [-0.05, 0) is 26.3 Å². The number of benzene rings is 1. The molecule has 0 saturated carbocycles. The molecular weight excluding hydrogens is 256 g/mol. The van der Waals surface area contributed by atoms with E-state index in [0.29, 0.717) is 13.0 Å². The fourth-order valence-corrected chi connectivity index (χ4v) is 2.17. The number of H-pyrrole nitrogens is 1. The first-order valence-corrected chi connectivity index (χ1v) is 6.54. The second-order valence-corrected chi connectivity index (χ2v) is 4.72. The van der Waals surface area contributed by atoms with Gasteiger partial charge in [-0.15, -0.1) is 0 Å². The number of rotatable bonds is 5. The van der Waals surface area contributed by atoms with Crippen molar-refractivity contribution in [1.29, 1.82) is 0 Å². The van der Waals surface area contributed by atoms with Gasteiger partial charge in [0.2, 0.25) is 0 Å². The van der Waals surface area contributed by atoms with Gasteiger partial charge in [-0.2, -0.15) is 5.10 Å². The molecule has 0 unspecified atom stereocenters. The van der Waals surface area contributed by atoms with E-state index in [1.165, 1.54) is 0 Å². The van der Waals surface area contributed by atoms with E-state index in [-0.39, 0.29) is 10.6 Å². The van der Waals surface area contributed by atoms with Gasteiger partial charge in [-0.3, -0.25) is 15.2 Å². The molecule has 20 heavy (non-hydrogen) atoms. The van der Waals surface area contributed by atoms with Crippen molar-refractivity contribution >= 4 is 11.4 Å². The van der Waals surface area contributed by atoms with Gasteiger partial charge in [0.1, 0.15) is 0 Å². The lowest BCUT2D eigenvalue weighted by atomic mass is 10.1. The predicted octanol–water partition coefficient (Wildman–Crippen LogP) is 3.11. The van der Waals surface area contributed by atoms with E-state index in [1.807, 2.05) is 26.8 Å². The van der Waals surface area contributed by atoms with Gasteiger partial charge < -0.3 is 5.32 Å². The van der Waals surface area contributed by atoms with Crippen LogP contribution < -0.4 is 5.32 Å². The van der Waals surface area contributed by atoms with Crippen LogP contribution in [0.3, 0.4) is 0 Å². The van der Waals surface area contributed by atoms with Crippen molar-refractivity contribution in [1.82, 2.24) is 10.2 Å². The normalized spacial score (nSPS) is 10.6. The average molecular weight is 274 g/mol. The van der Waals surface area contributed by atoms with Crippen LogP contribution >= 0.6 is 0 Å². The van der Waals surface area contributed by atoms with Gasteiger partial charge in [0.05, 0.1) is 10.6 Å². The Morgan fingerprint density at radius 2 is 2.15 bits per heavy atom. The quantitative estimate of drug-likeness (QED) is 0.648. The zero-order chi connectivity index (χ0) is 14.7. The molecule has 0 saturated heterocycles. The Kier molecular flexibility index (Phi) is 4.02. The molecule has 2 N–H and O–H groups in total. The number of anilines is 1. The molecule has 0 atom stereocenters. The second kappa shape index (κ2) is 5.73. The molecule has 106 valence electrons. The summed E-state index contributed by atoms with van der Waals surface area (Å²) in [7, 11) is 0. The number of aromatic nitrogens is 2. The molecule has 0 aliphatic heterocycles. The van der Waals surface area contributed by atoms with E-state index >= 15 is 0 Å². The number of nitrogens with zero attached hydrogens (tertiary/aromatic N) is 2. The lowest BCUT2D eigenvalue weighted by Crippen LogP contribution is -2.03. The summed E-state index contributed by atoms with van der Waals surface area (Å²) in [6.45, 7) is 6.40. The molecule has 0 bridgehead atoms. The van der Waals surface area contributed by atoms with Crippen LogP contribution in [0.2, 0.25) is 0 Å².